The monoisotopic (exact) mass is 509 g/mol. The van der Waals surface area contributed by atoms with Crippen molar-refractivity contribution in [1.82, 2.24) is 9.71 Å². The number of carbonyl (C=O) groups excluding carboxylic acids is 2. The highest BCUT2D eigenvalue weighted by Gasteiger charge is 2.32. The molecule has 0 saturated heterocycles. The summed E-state index contributed by atoms with van der Waals surface area (Å²) < 4.78 is 60.2. The summed E-state index contributed by atoms with van der Waals surface area (Å²) >= 11 is 1.01. The van der Waals surface area contributed by atoms with E-state index in [0.29, 0.717) is 0 Å². The molecule has 0 saturated carbocycles. The average Bonchev–Trinajstić information content (AvgIpc) is 3.23. The number of anilines is 3. The van der Waals surface area contributed by atoms with Gasteiger partial charge in [-0.1, -0.05) is 0 Å². The fourth-order valence-electron chi connectivity index (χ4n) is 3.15. The molecule has 0 spiro atoms. The third-order valence-electron chi connectivity index (χ3n) is 4.75. The summed E-state index contributed by atoms with van der Waals surface area (Å²) in [6.07, 6.45) is 1.22. The number of sulfonamides is 1. The van der Waals surface area contributed by atoms with Gasteiger partial charge >= 0.3 is 6.03 Å². The van der Waals surface area contributed by atoms with Crippen LogP contribution >= 0.6 is 11.3 Å². The predicted octanol–water partition coefficient (Wildman–Crippen LogP) is 3.28. The van der Waals surface area contributed by atoms with Gasteiger partial charge in [-0.2, -0.15) is 0 Å². The fraction of sp³-hybridized carbons (Fsp3) is 0.150. The van der Waals surface area contributed by atoms with Gasteiger partial charge in [-0.3, -0.25) is 15.0 Å². The normalized spacial score (nSPS) is 13.2. The Kier molecular flexibility index (Phi) is 6.10. The van der Waals surface area contributed by atoms with E-state index in [9.17, 15) is 26.8 Å². The van der Waals surface area contributed by atoms with Crippen LogP contribution in [0, 0.1) is 18.6 Å². The molecular weight excluding hydrogens is 492 g/mol. The molecular formula is C20H17F2N5O5S2. The zero-order valence-corrected chi connectivity index (χ0v) is 19.3. The number of thiophene rings is 1. The van der Waals surface area contributed by atoms with Crippen LogP contribution in [0.3, 0.4) is 0 Å². The number of urea groups is 1. The van der Waals surface area contributed by atoms with Crippen molar-refractivity contribution in [2.24, 2.45) is 0 Å². The van der Waals surface area contributed by atoms with E-state index in [1.807, 2.05) is 4.72 Å². The lowest BCUT2D eigenvalue weighted by Gasteiger charge is -2.29. The number of rotatable bonds is 5. The van der Waals surface area contributed by atoms with Crippen LogP contribution in [0.15, 0.2) is 40.7 Å². The van der Waals surface area contributed by atoms with Gasteiger partial charge in [-0.25, -0.2) is 31.7 Å². The van der Waals surface area contributed by atoms with E-state index in [1.165, 1.54) is 31.4 Å². The number of aryl methyl sites for hydroxylation is 1. The molecule has 34 heavy (non-hydrogen) atoms. The molecule has 1 aliphatic rings. The molecule has 10 nitrogen and oxygen atoms in total. The van der Waals surface area contributed by atoms with Crippen LogP contribution in [0.1, 0.15) is 15.2 Å². The standard InChI is InChI=1S/C20H17F2N5O5S2/c1-10-3-6-15(33-10)34(30,31)26-20(29)25-14-5-4-11(8-24-14)27-9-32-18-12(19(27)28)7-13(21)17(23-2)16(18)22/h3-8,23H,9H2,1-2H3,(H2,24,25,26,29). The molecule has 3 aromatic rings. The van der Waals surface area contributed by atoms with Gasteiger partial charge in [0.05, 0.1) is 17.4 Å². The van der Waals surface area contributed by atoms with Crippen LogP contribution in [0.4, 0.5) is 30.8 Å². The predicted molar refractivity (Wildman–Crippen MR) is 121 cm³/mol. The summed E-state index contributed by atoms with van der Waals surface area (Å²) in [7, 11) is -2.70. The van der Waals surface area contributed by atoms with Crippen LogP contribution in [0.25, 0.3) is 0 Å². The number of nitrogens with zero attached hydrogens (tertiary/aromatic N) is 2. The average molecular weight is 510 g/mol. The number of hydrogen-bond acceptors (Lipinski definition) is 8. The molecule has 0 atom stereocenters. The molecule has 178 valence electrons. The van der Waals surface area contributed by atoms with Crippen LogP contribution in [-0.4, -0.2) is 39.1 Å². The van der Waals surface area contributed by atoms with Crippen molar-refractivity contribution in [1.29, 1.82) is 0 Å². The third kappa shape index (κ3) is 4.36. The zero-order valence-electron chi connectivity index (χ0n) is 17.7. The van der Waals surface area contributed by atoms with E-state index in [2.05, 4.69) is 15.6 Å². The quantitative estimate of drug-likeness (QED) is 0.481. The summed E-state index contributed by atoms with van der Waals surface area (Å²) in [6.45, 7) is 1.38. The third-order valence-corrected chi connectivity index (χ3v) is 7.57. The Morgan fingerprint density at radius 3 is 2.62 bits per heavy atom. The molecule has 1 aliphatic heterocycles. The van der Waals surface area contributed by atoms with Crippen molar-refractivity contribution < 1.29 is 31.5 Å². The van der Waals surface area contributed by atoms with E-state index < -0.39 is 39.3 Å². The number of carbonyl (C=O) groups is 2. The minimum absolute atomic E-state index is 0.000313. The van der Waals surface area contributed by atoms with E-state index in [-0.39, 0.29) is 33.8 Å². The number of pyridine rings is 1. The summed E-state index contributed by atoms with van der Waals surface area (Å²) in [5.74, 6) is -3.03. The lowest BCUT2D eigenvalue weighted by molar-refractivity contribution is 0.0932. The molecule has 0 bridgehead atoms. The van der Waals surface area contributed by atoms with Gasteiger partial charge in [-0.05, 0) is 37.3 Å². The second-order valence-electron chi connectivity index (χ2n) is 7.01. The van der Waals surface area contributed by atoms with E-state index in [1.54, 1.807) is 13.0 Å². The molecule has 3 N–H and O–H groups in total. The highest BCUT2D eigenvalue weighted by Crippen LogP contribution is 2.36. The first-order valence-electron chi connectivity index (χ1n) is 9.61. The maximum absolute atomic E-state index is 14.4. The highest BCUT2D eigenvalue weighted by atomic mass is 32.2. The smallest absolute Gasteiger partial charge is 0.334 e. The molecule has 0 radical (unpaired) electrons. The van der Waals surface area contributed by atoms with E-state index >= 15 is 0 Å². The Morgan fingerprint density at radius 1 is 1.24 bits per heavy atom. The van der Waals surface area contributed by atoms with Gasteiger partial charge < -0.3 is 10.1 Å². The van der Waals surface area contributed by atoms with Crippen molar-refractivity contribution in [3.05, 3.63) is 58.6 Å². The van der Waals surface area contributed by atoms with Crippen molar-refractivity contribution in [3.63, 3.8) is 0 Å². The molecule has 3 amide bonds. The van der Waals surface area contributed by atoms with Crippen molar-refractivity contribution in [2.75, 3.05) is 29.3 Å². The van der Waals surface area contributed by atoms with Crippen molar-refractivity contribution in [2.45, 2.75) is 11.1 Å². The molecule has 0 unspecified atom stereocenters. The Bertz CT molecular complexity index is 1390. The second kappa shape index (κ2) is 8.87. The first-order chi connectivity index (χ1) is 16.1. The summed E-state index contributed by atoms with van der Waals surface area (Å²) in [5.41, 5.74) is -0.482. The molecule has 1 aromatic carbocycles. The van der Waals surface area contributed by atoms with Crippen LogP contribution < -0.4 is 25.0 Å². The van der Waals surface area contributed by atoms with Crippen LogP contribution in [0.5, 0.6) is 5.75 Å². The Morgan fingerprint density at radius 2 is 2.00 bits per heavy atom. The first kappa shape index (κ1) is 23.4. The lowest BCUT2D eigenvalue weighted by Crippen LogP contribution is -2.39. The number of aromatic nitrogens is 1. The summed E-state index contributed by atoms with van der Waals surface area (Å²) in [6, 6.07) is 5.58. The minimum Gasteiger partial charge on any atom is -0.469 e. The maximum Gasteiger partial charge on any atom is 0.334 e. The van der Waals surface area contributed by atoms with Crippen LogP contribution in [-0.2, 0) is 10.0 Å². The van der Waals surface area contributed by atoms with Gasteiger partial charge in [0.15, 0.2) is 18.3 Å². The largest absolute Gasteiger partial charge is 0.469 e. The van der Waals surface area contributed by atoms with E-state index in [4.69, 9.17) is 4.74 Å². The van der Waals surface area contributed by atoms with E-state index in [0.717, 1.165) is 27.2 Å². The zero-order chi connectivity index (χ0) is 24.6. The van der Waals surface area contributed by atoms with Gasteiger partial charge in [0.1, 0.15) is 21.5 Å². The maximum atomic E-state index is 14.4. The lowest BCUT2D eigenvalue weighted by atomic mass is 10.1. The second-order valence-corrected chi connectivity index (χ2v) is 10.2. The van der Waals surface area contributed by atoms with Gasteiger partial charge in [0.25, 0.3) is 15.9 Å². The molecule has 0 fully saturated rings. The number of amides is 3. The van der Waals surface area contributed by atoms with Gasteiger partial charge in [0, 0.05) is 11.9 Å². The molecule has 4 rings (SSSR count). The summed E-state index contributed by atoms with van der Waals surface area (Å²) in [5, 5.41) is 4.66. The number of nitrogens with one attached hydrogen (secondary N) is 3. The summed E-state index contributed by atoms with van der Waals surface area (Å²) in [4.78, 5) is 30.7. The first-order valence-corrected chi connectivity index (χ1v) is 11.9. The highest BCUT2D eigenvalue weighted by molar-refractivity contribution is 7.92. The molecule has 3 heterocycles. The topological polar surface area (TPSA) is 130 Å². The number of halogens is 2. The van der Waals surface area contributed by atoms with Crippen molar-refractivity contribution in [3.8, 4) is 5.75 Å². The molecule has 14 heteroatoms. The van der Waals surface area contributed by atoms with Gasteiger partial charge in [0.2, 0.25) is 0 Å². The fourth-order valence-corrected chi connectivity index (χ4v) is 5.34. The minimum atomic E-state index is -4.04. The molecule has 2 aromatic heterocycles. The van der Waals surface area contributed by atoms with Crippen molar-refractivity contribution >= 4 is 50.5 Å². The molecule has 0 aliphatic carbocycles. The Balaban J connectivity index is 1.47. The number of fused-ring (bicyclic) bond motifs is 1. The van der Waals surface area contributed by atoms with Crippen LogP contribution in [0.2, 0.25) is 0 Å². The van der Waals surface area contributed by atoms with Gasteiger partial charge in [-0.15, -0.1) is 11.3 Å². The number of benzene rings is 1. The number of hydrogen-bond donors (Lipinski definition) is 3. The Hall–Kier alpha value is -3.78. The SMILES string of the molecule is CNc1c(F)cc2c(c1F)OCN(c1ccc(NC(=O)NS(=O)(=O)c3ccc(C)s3)nc1)C2=O. The Labute approximate surface area is 196 Å². The number of ether oxygens (including phenoxy) is 1.